The van der Waals surface area contributed by atoms with Crippen LogP contribution >= 0.6 is 11.3 Å². The molecule has 2 heteroatoms. The van der Waals surface area contributed by atoms with Crippen molar-refractivity contribution in [2.75, 3.05) is 4.90 Å². The third-order valence-electron chi connectivity index (χ3n) is 11.8. The second-order valence-electron chi connectivity index (χ2n) is 15.4. The normalized spacial score (nSPS) is 13.1. The van der Waals surface area contributed by atoms with Crippen LogP contribution in [0.4, 0.5) is 17.1 Å². The van der Waals surface area contributed by atoms with Crippen LogP contribution < -0.4 is 4.90 Å². The number of anilines is 3. The van der Waals surface area contributed by atoms with Gasteiger partial charge in [0.25, 0.3) is 0 Å². The third kappa shape index (κ3) is 5.13. The molecule has 0 saturated carbocycles. The molecule has 0 N–H and O–H groups in total. The van der Waals surface area contributed by atoms with E-state index in [1.54, 1.807) is 0 Å². The maximum absolute atomic E-state index is 2.49. The van der Waals surface area contributed by atoms with E-state index in [1.165, 1.54) is 97.6 Å². The highest BCUT2D eigenvalue weighted by molar-refractivity contribution is 7.26. The number of rotatable bonds is 5. The van der Waals surface area contributed by atoms with Gasteiger partial charge in [-0.15, -0.1) is 11.3 Å². The Bertz CT molecular complexity index is 3150. The van der Waals surface area contributed by atoms with Gasteiger partial charge in [-0.3, -0.25) is 0 Å². The SMILES string of the molecule is CC1(C)c2ccccc2-c2ccc(N(c3ccc4cc(-c5cccc(-c6ccc7ccccc7c6)c5)ccc4c3)c3cccc4sc5ccccc5c34)cc21. The topological polar surface area (TPSA) is 3.24 Å². The zero-order valence-corrected chi connectivity index (χ0v) is 31.6. The molecule has 0 fully saturated rings. The highest BCUT2D eigenvalue weighted by Gasteiger charge is 2.36. The molecule has 260 valence electrons. The van der Waals surface area contributed by atoms with Gasteiger partial charge in [0, 0.05) is 37.0 Å². The van der Waals surface area contributed by atoms with Gasteiger partial charge in [-0.1, -0.05) is 141 Å². The fourth-order valence-corrected chi connectivity index (χ4v) is 10.1. The summed E-state index contributed by atoms with van der Waals surface area (Å²) in [4.78, 5) is 2.49. The van der Waals surface area contributed by atoms with Crippen LogP contribution in [-0.4, -0.2) is 0 Å². The summed E-state index contributed by atoms with van der Waals surface area (Å²) in [7, 11) is 0. The van der Waals surface area contributed by atoms with Crippen LogP contribution in [0.3, 0.4) is 0 Å². The molecule has 0 bridgehead atoms. The van der Waals surface area contributed by atoms with Crippen LogP contribution in [-0.2, 0) is 5.41 Å². The molecular formula is C53H37NS. The van der Waals surface area contributed by atoms with Crippen LogP contribution in [0, 0.1) is 0 Å². The maximum atomic E-state index is 2.49. The Morgan fingerprint density at radius 1 is 0.400 bits per heavy atom. The molecule has 55 heavy (non-hydrogen) atoms. The van der Waals surface area contributed by atoms with Crippen molar-refractivity contribution in [1.82, 2.24) is 0 Å². The van der Waals surface area contributed by atoms with Crippen molar-refractivity contribution in [3.63, 3.8) is 0 Å². The Morgan fingerprint density at radius 3 is 1.84 bits per heavy atom. The van der Waals surface area contributed by atoms with Crippen LogP contribution in [0.25, 0.3) is 75.1 Å². The van der Waals surface area contributed by atoms with Gasteiger partial charge in [0.15, 0.2) is 0 Å². The first-order chi connectivity index (χ1) is 27.0. The number of benzene rings is 9. The molecule has 1 heterocycles. The van der Waals surface area contributed by atoms with Crippen molar-refractivity contribution < 1.29 is 0 Å². The molecule has 0 unspecified atom stereocenters. The van der Waals surface area contributed by atoms with Crippen LogP contribution in [0.2, 0.25) is 0 Å². The van der Waals surface area contributed by atoms with E-state index in [4.69, 9.17) is 0 Å². The number of fused-ring (bicyclic) bond motifs is 8. The Labute approximate surface area is 325 Å². The molecule has 1 aliphatic carbocycles. The van der Waals surface area contributed by atoms with Crippen molar-refractivity contribution in [3.05, 3.63) is 199 Å². The number of hydrogen-bond donors (Lipinski definition) is 0. The molecule has 0 spiro atoms. The molecule has 0 radical (unpaired) electrons. The lowest BCUT2D eigenvalue weighted by Crippen LogP contribution is -2.16. The van der Waals surface area contributed by atoms with Crippen LogP contribution in [0.1, 0.15) is 25.0 Å². The molecule has 1 aliphatic rings. The zero-order valence-electron chi connectivity index (χ0n) is 30.8. The first-order valence-corrected chi connectivity index (χ1v) is 19.9. The Balaban J connectivity index is 1.04. The first-order valence-electron chi connectivity index (χ1n) is 19.1. The molecule has 0 saturated heterocycles. The Kier molecular flexibility index (Phi) is 7.14. The minimum atomic E-state index is -0.0971. The lowest BCUT2D eigenvalue weighted by molar-refractivity contribution is 0.660. The Morgan fingerprint density at radius 2 is 0.982 bits per heavy atom. The number of hydrogen-bond acceptors (Lipinski definition) is 2. The second-order valence-corrected chi connectivity index (χ2v) is 16.5. The molecule has 0 aliphatic heterocycles. The fraction of sp³-hybridized carbons (Fsp3) is 0.0566. The predicted octanol–water partition coefficient (Wildman–Crippen LogP) is 15.5. The third-order valence-corrected chi connectivity index (χ3v) is 12.9. The van der Waals surface area contributed by atoms with Crippen molar-refractivity contribution in [3.8, 4) is 33.4 Å². The minimum absolute atomic E-state index is 0.0971. The molecule has 10 aromatic rings. The molecule has 9 aromatic carbocycles. The van der Waals surface area contributed by atoms with Crippen molar-refractivity contribution >= 4 is 70.1 Å². The maximum Gasteiger partial charge on any atom is 0.0554 e. The highest BCUT2D eigenvalue weighted by Crippen LogP contribution is 2.52. The summed E-state index contributed by atoms with van der Waals surface area (Å²) >= 11 is 1.87. The zero-order chi connectivity index (χ0) is 36.7. The lowest BCUT2D eigenvalue weighted by atomic mass is 9.82. The van der Waals surface area contributed by atoms with Crippen molar-refractivity contribution in [2.45, 2.75) is 19.3 Å². The van der Waals surface area contributed by atoms with Gasteiger partial charge in [-0.2, -0.15) is 0 Å². The summed E-state index contributed by atoms with van der Waals surface area (Å²) in [5, 5.41) is 7.57. The van der Waals surface area contributed by atoms with Crippen LogP contribution in [0.5, 0.6) is 0 Å². The largest absolute Gasteiger partial charge is 0.310 e. The monoisotopic (exact) mass is 719 g/mol. The minimum Gasteiger partial charge on any atom is -0.310 e. The molecule has 0 amide bonds. The Hall–Kier alpha value is -6.48. The summed E-state index contributed by atoms with van der Waals surface area (Å²) in [5.74, 6) is 0. The van der Waals surface area contributed by atoms with E-state index in [0.29, 0.717) is 0 Å². The summed E-state index contributed by atoms with van der Waals surface area (Å²) in [6.07, 6.45) is 0. The highest BCUT2D eigenvalue weighted by atomic mass is 32.1. The second kappa shape index (κ2) is 12.3. The molecule has 11 rings (SSSR count). The van der Waals surface area contributed by atoms with E-state index in [2.05, 4.69) is 207 Å². The van der Waals surface area contributed by atoms with E-state index in [-0.39, 0.29) is 5.41 Å². The standard InChI is InChI=1S/C53H37NS/c1-53(2)47-17-7-5-15-44(47)45-28-27-43(33-48(45)53)54(49-18-10-20-51-52(49)46-16-6-8-19-50(46)55-51)42-26-25-40-31-39(23-24-41(40)32-42)37-14-9-13-36(30-37)38-22-21-34-11-3-4-12-35(34)29-38/h3-33H,1-2H3. The van der Waals surface area contributed by atoms with Gasteiger partial charge in [0.2, 0.25) is 0 Å². The predicted molar refractivity (Wildman–Crippen MR) is 237 cm³/mol. The van der Waals surface area contributed by atoms with Gasteiger partial charge in [0.05, 0.1) is 5.69 Å². The van der Waals surface area contributed by atoms with E-state index in [0.717, 1.165) is 5.69 Å². The van der Waals surface area contributed by atoms with E-state index in [1.807, 2.05) is 11.3 Å². The molecule has 0 atom stereocenters. The van der Waals surface area contributed by atoms with Crippen molar-refractivity contribution in [2.24, 2.45) is 0 Å². The average molecular weight is 720 g/mol. The van der Waals surface area contributed by atoms with Gasteiger partial charge < -0.3 is 4.90 Å². The van der Waals surface area contributed by atoms with Crippen LogP contribution in [0.15, 0.2) is 188 Å². The summed E-state index contributed by atoms with van der Waals surface area (Å²) in [6.45, 7) is 4.73. The number of thiophene rings is 1. The quantitative estimate of drug-likeness (QED) is 0.171. The molecule has 1 aromatic heterocycles. The van der Waals surface area contributed by atoms with Gasteiger partial charge in [0.1, 0.15) is 0 Å². The van der Waals surface area contributed by atoms with Gasteiger partial charge in [-0.05, 0) is 127 Å². The van der Waals surface area contributed by atoms with Gasteiger partial charge >= 0.3 is 0 Å². The smallest absolute Gasteiger partial charge is 0.0554 e. The van der Waals surface area contributed by atoms with E-state index >= 15 is 0 Å². The van der Waals surface area contributed by atoms with E-state index in [9.17, 15) is 0 Å². The fourth-order valence-electron chi connectivity index (χ4n) is 9.00. The summed E-state index contributed by atoms with van der Waals surface area (Å²) < 4.78 is 2.61. The average Bonchev–Trinajstić information content (AvgIpc) is 3.73. The first kappa shape index (κ1) is 32.0. The van der Waals surface area contributed by atoms with Gasteiger partial charge in [-0.25, -0.2) is 0 Å². The summed E-state index contributed by atoms with van der Waals surface area (Å²) in [6, 6.07) is 69.7. The van der Waals surface area contributed by atoms with Crippen molar-refractivity contribution in [1.29, 1.82) is 0 Å². The summed E-state index contributed by atoms with van der Waals surface area (Å²) in [5.41, 5.74) is 13.8. The van der Waals surface area contributed by atoms with E-state index < -0.39 is 0 Å². The number of nitrogens with zero attached hydrogens (tertiary/aromatic N) is 1. The molecular weight excluding hydrogens is 683 g/mol. The lowest BCUT2D eigenvalue weighted by Gasteiger charge is -2.29. The molecule has 1 nitrogen and oxygen atoms in total.